The fraction of sp³-hybridized carbons (Fsp3) is 0.192. The highest BCUT2D eigenvalue weighted by atomic mass is 16.6. The van der Waals surface area contributed by atoms with E-state index in [9.17, 15) is 28.8 Å². The van der Waals surface area contributed by atoms with Crippen molar-refractivity contribution in [3.8, 4) is 67.9 Å². The van der Waals surface area contributed by atoms with Crippen molar-refractivity contribution < 1.29 is 57.2 Å². The second kappa shape index (κ2) is 21.3. The smallest absolute Gasteiger partial charge is 0.316 e. The third-order valence-corrected chi connectivity index (χ3v) is 10.2. The van der Waals surface area contributed by atoms with Gasteiger partial charge in [0.1, 0.15) is 34.5 Å². The summed E-state index contributed by atoms with van der Waals surface area (Å²) >= 11 is 0. The number of ether oxygens (including phenoxy) is 6. The number of carbonyl (C=O) groups is 6. The van der Waals surface area contributed by atoms with E-state index in [0.717, 1.165) is 33.4 Å². The van der Waals surface area contributed by atoms with Gasteiger partial charge in [-0.2, -0.15) is 0 Å². The van der Waals surface area contributed by atoms with Crippen molar-refractivity contribution in [2.75, 3.05) is 0 Å². The molecule has 0 bridgehead atoms. The van der Waals surface area contributed by atoms with E-state index in [1.165, 1.54) is 20.8 Å². The van der Waals surface area contributed by atoms with Gasteiger partial charge in [-0.05, 0) is 106 Å². The van der Waals surface area contributed by atoms with Crippen molar-refractivity contribution >= 4 is 35.8 Å². The van der Waals surface area contributed by atoms with E-state index < -0.39 is 41.6 Å². The van der Waals surface area contributed by atoms with Crippen LogP contribution in [0.4, 0.5) is 0 Å². The number of benzene rings is 6. The predicted octanol–water partition coefficient (Wildman–Crippen LogP) is 10.2. The molecule has 6 aromatic carbocycles. The molecule has 0 aromatic heterocycles. The Morgan fingerprint density at radius 3 is 0.797 bits per heavy atom. The molecule has 2 unspecified atom stereocenters. The van der Waals surface area contributed by atoms with Crippen LogP contribution in [0.15, 0.2) is 146 Å². The maximum Gasteiger partial charge on any atom is 0.316 e. The molecule has 12 nitrogen and oxygen atoms in total. The fourth-order valence-electron chi connectivity index (χ4n) is 6.60. The zero-order chi connectivity index (χ0) is 45.8. The molecule has 0 radical (unpaired) electrons. The van der Waals surface area contributed by atoms with Crippen LogP contribution < -0.4 is 28.4 Å². The number of hydrogen-bond donors (Lipinski definition) is 0. The highest BCUT2D eigenvalue weighted by Crippen LogP contribution is 2.32. The summed E-state index contributed by atoms with van der Waals surface area (Å²) in [6.07, 6.45) is 0.513. The quantitative estimate of drug-likeness (QED) is 0.0671. The summed E-state index contributed by atoms with van der Waals surface area (Å²) in [6, 6.07) is 41.0. The van der Waals surface area contributed by atoms with Crippen LogP contribution in [-0.4, -0.2) is 35.8 Å². The summed E-state index contributed by atoms with van der Waals surface area (Å²) < 4.78 is 32.9. The van der Waals surface area contributed by atoms with Gasteiger partial charge in [0, 0.05) is 19.8 Å². The summed E-state index contributed by atoms with van der Waals surface area (Å²) in [6.45, 7) is 7.73. The Kier molecular flexibility index (Phi) is 15.2. The van der Waals surface area contributed by atoms with Gasteiger partial charge in [0.25, 0.3) is 0 Å². The molecule has 64 heavy (non-hydrogen) atoms. The monoisotopic (exact) mass is 862 g/mol. The maximum atomic E-state index is 14.1. The minimum Gasteiger partial charge on any atom is -0.427 e. The van der Waals surface area contributed by atoms with Crippen LogP contribution in [0, 0.1) is 17.8 Å². The van der Waals surface area contributed by atoms with Gasteiger partial charge in [0.05, 0.1) is 17.8 Å². The second-order valence-electron chi connectivity index (χ2n) is 14.8. The van der Waals surface area contributed by atoms with Crippen LogP contribution in [0.25, 0.3) is 33.4 Å². The topological polar surface area (TPSA) is 158 Å². The molecule has 0 aliphatic rings. The predicted molar refractivity (Wildman–Crippen MR) is 238 cm³/mol. The molecule has 2 atom stereocenters. The Morgan fingerprint density at radius 1 is 0.344 bits per heavy atom. The van der Waals surface area contributed by atoms with Crippen molar-refractivity contribution in [3.63, 3.8) is 0 Å². The third-order valence-electron chi connectivity index (χ3n) is 10.2. The first kappa shape index (κ1) is 45.7. The fourth-order valence-corrected chi connectivity index (χ4v) is 6.60. The average molecular weight is 863 g/mol. The normalized spacial score (nSPS) is 12.1. The van der Waals surface area contributed by atoms with Gasteiger partial charge in [-0.3, -0.25) is 28.8 Å². The number of rotatable bonds is 16. The van der Waals surface area contributed by atoms with Crippen molar-refractivity contribution in [1.82, 2.24) is 0 Å². The molecule has 0 spiro atoms. The molecule has 0 saturated heterocycles. The van der Waals surface area contributed by atoms with E-state index in [1.807, 2.05) is 0 Å². The van der Waals surface area contributed by atoms with E-state index in [4.69, 9.17) is 28.4 Å². The van der Waals surface area contributed by atoms with E-state index in [2.05, 4.69) is 0 Å². The summed E-state index contributed by atoms with van der Waals surface area (Å²) in [5.74, 6) is -5.33. The summed E-state index contributed by atoms with van der Waals surface area (Å²) in [4.78, 5) is 76.2. The highest BCUT2D eigenvalue weighted by molar-refractivity contribution is 5.89. The zero-order valence-corrected chi connectivity index (χ0v) is 35.9. The van der Waals surface area contributed by atoms with E-state index in [1.54, 1.807) is 159 Å². The number of esters is 6. The molecule has 12 heteroatoms. The first-order valence-corrected chi connectivity index (χ1v) is 20.7. The van der Waals surface area contributed by atoms with Crippen LogP contribution in [0.2, 0.25) is 0 Å². The van der Waals surface area contributed by atoms with Crippen LogP contribution in [0.3, 0.4) is 0 Å². The van der Waals surface area contributed by atoms with Crippen LogP contribution in [0.1, 0.15) is 47.5 Å². The Bertz CT molecular complexity index is 2460. The largest absolute Gasteiger partial charge is 0.427 e. The van der Waals surface area contributed by atoms with Crippen molar-refractivity contribution in [2.45, 2.75) is 47.5 Å². The molecular weight excluding hydrogens is 817 g/mol. The molecule has 6 aromatic rings. The molecule has 0 heterocycles. The van der Waals surface area contributed by atoms with Gasteiger partial charge >= 0.3 is 35.8 Å². The van der Waals surface area contributed by atoms with Crippen LogP contribution in [-0.2, 0) is 28.8 Å². The number of hydrogen-bond acceptors (Lipinski definition) is 12. The van der Waals surface area contributed by atoms with Crippen LogP contribution in [0.5, 0.6) is 34.5 Å². The standard InChI is InChI=1S/C52H46O12/c1-6-47(54)60-42-22-10-36(11-23-42)38-14-26-44(27-15-38)62-50(56)32(3)49(52(58)64-46-30-18-40(19-31-46)35-8-20-41(21-9-35)59-34(5)53)33(4)51(57)63-45-28-16-39(17-29-45)37-12-24-43(25-13-37)61-48(55)7-2/h8-33,49H,6-7H2,1-5H3. The molecule has 0 saturated carbocycles. The van der Waals surface area contributed by atoms with Gasteiger partial charge in [0.15, 0.2) is 0 Å². The second-order valence-corrected chi connectivity index (χ2v) is 14.8. The minimum absolute atomic E-state index is 0.177. The van der Waals surface area contributed by atoms with Crippen molar-refractivity contribution in [1.29, 1.82) is 0 Å². The SMILES string of the molecule is CCC(=O)Oc1ccc(-c2ccc(OC(=O)C(C)C(C(=O)Oc3ccc(-c4ccc(OC(C)=O)cc4)cc3)C(C)C(=O)Oc3ccc(-c4ccc(OC(=O)CC)cc4)cc3)cc2)cc1. The Hall–Kier alpha value is -7.86. The van der Waals surface area contributed by atoms with Crippen molar-refractivity contribution in [2.24, 2.45) is 17.8 Å². The highest BCUT2D eigenvalue weighted by Gasteiger charge is 2.41. The van der Waals surface area contributed by atoms with Crippen molar-refractivity contribution in [3.05, 3.63) is 146 Å². The van der Waals surface area contributed by atoms with E-state index in [-0.39, 0.29) is 42.0 Å². The Balaban J connectivity index is 1.17. The summed E-state index contributed by atoms with van der Waals surface area (Å²) in [5.41, 5.74) is 4.90. The summed E-state index contributed by atoms with van der Waals surface area (Å²) in [7, 11) is 0. The van der Waals surface area contributed by atoms with Gasteiger partial charge in [-0.1, -0.05) is 100 Å². The lowest BCUT2D eigenvalue weighted by molar-refractivity contribution is -0.157. The van der Waals surface area contributed by atoms with Crippen LogP contribution >= 0.6 is 0 Å². The third kappa shape index (κ3) is 12.2. The Morgan fingerprint density at radius 2 is 0.562 bits per heavy atom. The van der Waals surface area contributed by atoms with Gasteiger partial charge in [-0.25, -0.2) is 0 Å². The molecule has 0 aliphatic carbocycles. The van der Waals surface area contributed by atoms with Gasteiger partial charge in [0.2, 0.25) is 0 Å². The molecule has 0 aliphatic heterocycles. The molecular formula is C52H46O12. The first-order valence-electron chi connectivity index (χ1n) is 20.7. The summed E-state index contributed by atoms with van der Waals surface area (Å²) in [5, 5.41) is 0. The lowest BCUT2D eigenvalue weighted by Gasteiger charge is -2.25. The number of carbonyl (C=O) groups excluding carboxylic acids is 6. The van der Waals surface area contributed by atoms with Gasteiger partial charge in [-0.15, -0.1) is 0 Å². The molecule has 0 N–H and O–H groups in total. The zero-order valence-electron chi connectivity index (χ0n) is 35.9. The lowest BCUT2D eigenvalue weighted by Crippen LogP contribution is -2.41. The average Bonchev–Trinajstić information content (AvgIpc) is 3.30. The molecule has 0 amide bonds. The molecule has 0 fully saturated rings. The Labute approximate surface area is 370 Å². The minimum atomic E-state index is -1.34. The maximum absolute atomic E-state index is 14.1. The van der Waals surface area contributed by atoms with E-state index in [0.29, 0.717) is 17.2 Å². The van der Waals surface area contributed by atoms with Gasteiger partial charge < -0.3 is 28.4 Å². The molecule has 6 rings (SSSR count). The van der Waals surface area contributed by atoms with E-state index >= 15 is 0 Å². The first-order chi connectivity index (χ1) is 30.8. The lowest BCUT2D eigenvalue weighted by atomic mass is 9.83. The molecule has 326 valence electrons.